The second kappa shape index (κ2) is 4.81. The SMILES string of the molecule is CCC1(CNC2CCS(=O)(=O)c3ccc(F)cc32)CC1. The van der Waals surface area contributed by atoms with Crippen LogP contribution in [0.1, 0.15) is 44.2 Å². The zero-order valence-electron chi connectivity index (χ0n) is 11.7. The van der Waals surface area contributed by atoms with E-state index in [9.17, 15) is 12.8 Å². The fraction of sp³-hybridized carbons (Fsp3) is 0.600. The minimum atomic E-state index is -3.24. The van der Waals surface area contributed by atoms with Gasteiger partial charge in [0.2, 0.25) is 0 Å². The van der Waals surface area contributed by atoms with Gasteiger partial charge in [-0.2, -0.15) is 0 Å². The first kappa shape index (κ1) is 14.0. The molecule has 2 aliphatic rings. The molecule has 5 heteroatoms. The van der Waals surface area contributed by atoms with Crippen LogP contribution in [0.2, 0.25) is 0 Å². The maximum absolute atomic E-state index is 13.4. The van der Waals surface area contributed by atoms with Crippen LogP contribution >= 0.6 is 0 Å². The maximum atomic E-state index is 13.4. The largest absolute Gasteiger partial charge is 0.309 e. The minimum absolute atomic E-state index is 0.0479. The average molecular weight is 297 g/mol. The zero-order valence-corrected chi connectivity index (χ0v) is 12.5. The Balaban J connectivity index is 1.85. The van der Waals surface area contributed by atoms with Crippen LogP contribution < -0.4 is 5.32 Å². The molecule has 3 nitrogen and oxygen atoms in total. The number of hydrogen-bond acceptors (Lipinski definition) is 3. The fourth-order valence-electron chi connectivity index (χ4n) is 3.00. The Bertz CT molecular complexity index is 623. The Morgan fingerprint density at radius 1 is 1.40 bits per heavy atom. The highest BCUT2D eigenvalue weighted by atomic mass is 32.2. The van der Waals surface area contributed by atoms with Gasteiger partial charge < -0.3 is 5.32 Å². The molecule has 0 amide bonds. The lowest BCUT2D eigenvalue weighted by Gasteiger charge is -2.28. The molecule has 0 radical (unpaired) electrons. The molecule has 1 atom stereocenters. The smallest absolute Gasteiger partial charge is 0.178 e. The third-order valence-corrected chi connectivity index (χ3v) is 6.60. The highest BCUT2D eigenvalue weighted by Gasteiger charge is 2.41. The van der Waals surface area contributed by atoms with Crippen molar-refractivity contribution in [2.75, 3.05) is 12.3 Å². The summed E-state index contributed by atoms with van der Waals surface area (Å²) in [5, 5.41) is 3.47. The summed E-state index contributed by atoms with van der Waals surface area (Å²) in [6.45, 7) is 3.08. The molecular formula is C15H20FNO2S. The molecule has 1 aliphatic carbocycles. The van der Waals surface area contributed by atoms with E-state index in [2.05, 4.69) is 12.2 Å². The van der Waals surface area contributed by atoms with Crippen LogP contribution in [-0.4, -0.2) is 20.7 Å². The van der Waals surface area contributed by atoms with Crippen molar-refractivity contribution in [3.8, 4) is 0 Å². The van der Waals surface area contributed by atoms with Crippen LogP contribution in [0.4, 0.5) is 4.39 Å². The van der Waals surface area contributed by atoms with E-state index < -0.39 is 9.84 Å². The molecule has 110 valence electrons. The van der Waals surface area contributed by atoms with Crippen LogP contribution in [0.25, 0.3) is 0 Å². The third-order valence-electron chi connectivity index (χ3n) is 4.79. The molecule has 20 heavy (non-hydrogen) atoms. The number of benzene rings is 1. The molecule has 1 aromatic carbocycles. The maximum Gasteiger partial charge on any atom is 0.178 e. The van der Waals surface area contributed by atoms with Gasteiger partial charge in [0.15, 0.2) is 9.84 Å². The summed E-state index contributed by atoms with van der Waals surface area (Å²) in [7, 11) is -3.24. The molecular weight excluding hydrogens is 277 g/mol. The Morgan fingerprint density at radius 3 is 2.80 bits per heavy atom. The highest BCUT2D eigenvalue weighted by Crippen LogP contribution is 2.48. The number of sulfone groups is 1. The second-order valence-electron chi connectivity index (χ2n) is 6.08. The normalized spacial score (nSPS) is 26.0. The third kappa shape index (κ3) is 2.49. The Labute approximate surface area is 119 Å². The van der Waals surface area contributed by atoms with Gasteiger partial charge in [-0.15, -0.1) is 0 Å². The van der Waals surface area contributed by atoms with Gasteiger partial charge in [-0.05, 0) is 54.9 Å². The first-order valence-corrected chi connectivity index (χ1v) is 8.87. The second-order valence-corrected chi connectivity index (χ2v) is 8.15. The zero-order chi connectivity index (χ0) is 14.4. The van der Waals surface area contributed by atoms with Crippen molar-refractivity contribution in [2.45, 2.75) is 43.5 Å². The Kier molecular flexibility index (Phi) is 3.37. The van der Waals surface area contributed by atoms with Crippen LogP contribution in [0.5, 0.6) is 0 Å². The van der Waals surface area contributed by atoms with Crippen LogP contribution in [0.3, 0.4) is 0 Å². The number of nitrogens with one attached hydrogen (secondary N) is 1. The van der Waals surface area contributed by atoms with Gasteiger partial charge in [0.1, 0.15) is 5.82 Å². The van der Waals surface area contributed by atoms with E-state index >= 15 is 0 Å². The molecule has 1 aliphatic heterocycles. The van der Waals surface area contributed by atoms with Gasteiger partial charge in [0.05, 0.1) is 10.6 Å². The van der Waals surface area contributed by atoms with E-state index in [1.165, 1.54) is 31.0 Å². The van der Waals surface area contributed by atoms with Crippen molar-refractivity contribution in [1.29, 1.82) is 0 Å². The quantitative estimate of drug-likeness (QED) is 0.869. The van der Waals surface area contributed by atoms with Crippen molar-refractivity contribution in [2.24, 2.45) is 5.41 Å². The summed E-state index contributed by atoms with van der Waals surface area (Å²) in [5.41, 5.74) is 0.993. The van der Waals surface area contributed by atoms with Crippen molar-refractivity contribution in [1.82, 2.24) is 5.32 Å². The lowest BCUT2D eigenvalue weighted by atomic mass is 10.00. The Morgan fingerprint density at radius 2 is 2.15 bits per heavy atom. The predicted octanol–water partition coefficient (Wildman–Crippen LogP) is 2.82. The lowest BCUT2D eigenvalue weighted by molar-refractivity contribution is 0.392. The van der Waals surface area contributed by atoms with Crippen LogP contribution in [0, 0.1) is 11.2 Å². The molecule has 0 spiro atoms. The van der Waals surface area contributed by atoms with Crippen molar-refractivity contribution < 1.29 is 12.8 Å². The monoisotopic (exact) mass is 297 g/mol. The number of halogens is 1. The van der Waals surface area contributed by atoms with Gasteiger partial charge >= 0.3 is 0 Å². The van der Waals surface area contributed by atoms with Gasteiger partial charge in [-0.1, -0.05) is 6.92 Å². The van der Waals surface area contributed by atoms with E-state index in [1.54, 1.807) is 0 Å². The average Bonchev–Trinajstić information content (AvgIpc) is 3.18. The number of hydrogen-bond donors (Lipinski definition) is 1. The lowest BCUT2D eigenvalue weighted by Crippen LogP contribution is -2.33. The summed E-state index contributed by atoms with van der Waals surface area (Å²) >= 11 is 0. The summed E-state index contributed by atoms with van der Waals surface area (Å²) in [6.07, 6.45) is 4.13. The standard InChI is InChI=1S/C15H20FNO2S/c1-2-15(6-7-15)10-17-13-5-8-20(18,19)14-4-3-11(16)9-12(13)14/h3-4,9,13,17H,2,5-8,10H2,1H3. The van der Waals surface area contributed by atoms with Crippen molar-refractivity contribution in [3.05, 3.63) is 29.6 Å². The Hall–Kier alpha value is -0.940. The van der Waals surface area contributed by atoms with E-state index in [1.807, 2.05) is 0 Å². The molecule has 0 saturated heterocycles. The van der Waals surface area contributed by atoms with E-state index in [0.717, 1.165) is 13.0 Å². The first-order chi connectivity index (χ1) is 9.46. The molecule has 1 unspecified atom stereocenters. The van der Waals surface area contributed by atoms with Gasteiger partial charge in [-0.3, -0.25) is 0 Å². The van der Waals surface area contributed by atoms with E-state index in [0.29, 0.717) is 22.3 Å². The summed E-state index contributed by atoms with van der Waals surface area (Å²) < 4.78 is 37.5. The molecule has 0 aromatic heterocycles. The van der Waals surface area contributed by atoms with Gasteiger partial charge in [0, 0.05) is 12.6 Å². The molecule has 0 bridgehead atoms. The van der Waals surface area contributed by atoms with Crippen molar-refractivity contribution >= 4 is 9.84 Å². The summed E-state index contributed by atoms with van der Waals surface area (Å²) in [6, 6.07) is 3.96. The van der Waals surface area contributed by atoms with Crippen LogP contribution in [-0.2, 0) is 9.84 Å². The van der Waals surface area contributed by atoms with E-state index in [4.69, 9.17) is 0 Å². The predicted molar refractivity (Wildman–Crippen MR) is 75.8 cm³/mol. The van der Waals surface area contributed by atoms with E-state index in [-0.39, 0.29) is 17.6 Å². The molecule has 1 fully saturated rings. The molecule has 1 saturated carbocycles. The molecule has 1 N–H and O–H groups in total. The van der Waals surface area contributed by atoms with Crippen molar-refractivity contribution in [3.63, 3.8) is 0 Å². The van der Waals surface area contributed by atoms with Gasteiger partial charge in [0.25, 0.3) is 0 Å². The minimum Gasteiger partial charge on any atom is -0.309 e. The summed E-state index contributed by atoms with van der Waals surface area (Å²) in [4.78, 5) is 0.295. The molecule has 3 rings (SSSR count). The van der Waals surface area contributed by atoms with Gasteiger partial charge in [-0.25, -0.2) is 12.8 Å². The summed E-state index contributed by atoms with van der Waals surface area (Å²) in [5.74, 6) is -0.230. The number of rotatable bonds is 4. The topological polar surface area (TPSA) is 46.2 Å². The van der Waals surface area contributed by atoms with Crippen LogP contribution in [0.15, 0.2) is 23.1 Å². The molecule has 1 heterocycles. The number of fused-ring (bicyclic) bond motifs is 1. The highest BCUT2D eigenvalue weighted by molar-refractivity contribution is 7.91. The fourth-order valence-corrected chi connectivity index (χ4v) is 4.60. The first-order valence-electron chi connectivity index (χ1n) is 7.21. The molecule has 1 aromatic rings.